The lowest BCUT2D eigenvalue weighted by atomic mass is 10.1. The van der Waals surface area contributed by atoms with Crippen molar-refractivity contribution in [3.63, 3.8) is 0 Å². The van der Waals surface area contributed by atoms with Crippen molar-refractivity contribution in [2.45, 2.75) is 19.5 Å². The first-order chi connectivity index (χ1) is 17.5. The Kier molecular flexibility index (Phi) is 6.65. The van der Waals surface area contributed by atoms with E-state index in [2.05, 4.69) is 41.0 Å². The third kappa shape index (κ3) is 4.42. The van der Waals surface area contributed by atoms with Crippen LogP contribution >= 0.6 is 0 Å². The Morgan fingerprint density at radius 3 is 2.17 bits per heavy atom. The first-order valence-electron chi connectivity index (χ1n) is 12.2. The first-order valence-corrected chi connectivity index (χ1v) is 12.2. The van der Waals surface area contributed by atoms with E-state index in [-0.39, 0.29) is 18.4 Å². The van der Waals surface area contributed by atoms with E-state index in [1.54, 1.807) is 32.4 Å². The molecule has 0 aromatic heterocycles. The fourth-order valence-electron chi connectivity index (χ4n) is 5.09. The number of anilines is 1. The first kappa shape index (κ1) is 23.9. The zero-order chi connectivity index (χ0) is 25.2. The fraction of sp³-hybridized carbons (Fsp3) is 0.310. The van der Waals surface area contributed by atoms with Gasteiger partial charge in [-0.2, -0.15) is 0 Å². The van der Waals surface area contributed by atoms with Gasteiger partial charge >= 0.3 is 0 Å². The number of benzene rings is 3. The summed E-state index contributed by atoms with van der Waals surface area (Å²) in [5.74, 6) is 0.641. The summed E-state index contributed by atoms with van der Waals surface area (Å²) in [7, 11) is 3.14. The zero-order valence-electron chi connectivity index (χ0n) is 20.9. The fourth-order valence-corrected chi connectivity index (χ4v) is 5.09. The Balaban J connectivity index is 1.28. The van der Waals surface area contributed by atoms with Crippen molar-refractivity contribution < 1.29 is 19.1 Å². The summed E-state index contributed by atoms with van der Waals surface area (Å²) in [6.45, 7) is 6.04. The van der Waals surface area contributed by atoms with Gasteiger partial charge in [0, 0.05) is 37.9 Å². The molecule has 3 aromatic rings. The number of rotatable bonds is 7. The molecule has 2 aliphatic heterocycles. The van der Waals surface area contributed by atoms with Crippen molar-refractivity contribution in [1.29, 1.82) is 0 Å². The molecular formula is C29H31N3O4. The summed E-state index contributed by atoms with van der Waals surface area (Å²) in [6.07, 6.45) is 0. The van der Waals surface area contributed by atoms with Crippen molar-refractivity contribution in [2.75, 3.05) is 45.3 Å². The highest BCUT2D eigenvalue weighted by molar-refractivity contribution is 6.21. The molecule has 5 rings (SSSR count). The van der Waals surface area contributed by atoms with Crippen LogP contribution in [0.4, 0.5) is 5.69 Å². The van der Waals surface area contributed by atoms with Gasteiger partial charge in [-0.25, -0.2) is 0 Å². The molecule has 0 spiro atoms. The van der Waals surface area contributed by atoms with Crippen LogP contribution in [0.1, 0.15) is 44.8 Å². The van der Waals surface area contributed by atoms with Gasteiger partial charge in [-0.05, 0) is 48.4 Å². The minimum absolute atomic E-state index is 0.179. The standard InChI is InChI=1S/C29H31N3O4/c1-20(22-7-5-4-6-8-22)30-13-15-31(16-14-30)23-10-11-24-25(18-23)29(34)32(28(24)33)19-21-9-12-26(35-2)27(17-21)36-3/h4-12,17-18,20H,13-16,19H2,1-3H3. The molecule has 1 unspecified atom stereocenters. The number of piperazine rings is 1. The largest absolute Gasteiger partial charge is 0.493 e. The van der Waals surface area contributed by atoms with E-state index in [1.807, 2.05) is 24.3 Å². The minimum atomic E-state index is -0.266. The van der Waals surface area contributed by atoms with E-state index in [0.717, 1.165) is 37.4 Å². The second-order valence-corrected chi connectivity index (χ2v) is 9.23. The van der Waals surface area contributed by atoms with E-state index in [0.29, 0.717) is 28.7 Å². The summed E-state index contributed by atoms with van der Waals surface area (Å²) in [5.41, 5.74) is 4.03. The summed E-state index contributed by atoms with van der Waals surface area (Å²) in [6, 6.07) is 22.0. The van der Waals surface area contributed by atoms with Crippen LogP contribution in [0.5, 0.6) is 11.5 Å². The number of amides is 2. The molecule has 0 N–H and O–H groups in total. The van der Waals surface area contributed by atoms with Gasteiger partial charge in [-0.1, -0.05) is 36.4 Å². The Bertz CT molecular complexity index is 1270. The van der Waals surface area contributed by atoms with Gasteiger partial charge in [0.05, 0.1) is 31.9 Å². The molecule has 7 nitrogen and oxygen atoms in total. The predicted octanol–water partition coefficient (Wildman–Crippen LogP) is 4.38. The molecular weight excluding hydrogens is 454 g/mol. The number of hydrogen-bond donors (Lipinski definition) is 0. The highest BCUT2D eigenvalue weighted by Crippen LogP contribution is 2.32. The van der Waals surface area contributed by atoms with Crippen LogP contribution in [0, 0.1) is 0 Å². The molecule has 0 aliphatic carbocycles. The molecule has 1 saturated heterocycles. The van der Waals surface area contributed by atoms with E-state index in [4.69, 9.17) is 9.47 Å². The van der Waals surface area contributed by atoms with Crippen molar-refractivity contribution in [1.82, 2.24) is 9.80 Å². The van der Waals surface area contributed by atoms with Crippen molar-refractivity contribution in [3.05, 3.63) is 89.0 Å². The molecule has 186 valence electrons. The third-order valence-electron chi connectivity index (χ3n) is 7.25. The number of hydrogen-bond acceptors (Lipinski definition) is 6. The number of methoxy groups -OCH3 is 2. The number of fused-ring (bicyclic) bond motifs is 1. The molecule has 3 aromatic carbocycles. The van der Waals surface area contributed by atoms with Gasteiger partial charge in [0.1, 0.15) is 0 Å². The van der Waals surface area contributed by atoms with Crippen molar-refractivity contribution in [2.24, 2.45) is 0 Å². The molecule has 36 heavy (non-hydrogen) atoms. The number of ether oxygens (including phenoxy) is 2. The normalized spacial score (nSPS) is 16.8. The molecule has 1 atom stereocenters. The second kappa shape index (κ2) is 10.0. The van der Waals surface area contributed by atoms with Gasteiger partial charge in [0.15, 0.2) is 11.5 Å². The maximum atomic E-state index is 13.2. The molecule has 0 radical (unpaired) electrons. The Labute approximate surface area is 211 Å². The van der Waals surface area contributed by atoms with Gasteiger partial charge in [0.25, 0.3) is 11.8 Å². The van der Waals surface area contributed by atoms with Crippen molar-refractivity contribution >= 4 is 17.5 Å². The van der Waals surface area contributed by atoms with E-state index in [9.17, 15) is 9.59 Å². The van der Waals surface area contributed by atoms with Crippen LogP contribution in [-0.4, -0.2) is 62.0 Å². The van der Waals surface area contributed by atoms with E-state index >= 15 is 0 Å². The van der Waals surface area contributed by atoms with Crippen molar-refractivity contribution in [3.8, 4) is 11.5 Å². The van der Waals surface area contributed by atoms with Gasteiger partial charge in [-0.15, -0.1) is 0 Å². The molecule has 2 amide bonds. The molecule has 0 bridgehead atoms. The number of carbonyl (C=O) groups is 2. The number of carbonyl (C=O) groups excluding carboxylic acids is 2. The second-order valence-electron chi connectivity index (χ2n) is 9.23. The SMILES string of the molecule is COc1ccc(CN2C(=O)c3ccc(N4CCN(C(C)c5ccccc5)CC4)cc3C2=O)cc1OC. The topological polar surface area (TPSA) is 62.3 Å². The number of nitrogens with zero attached hydrogens (tertiary/aromatic N) is 3. The summed E-state index contributed by atoms with van der Waals surface area (Å²) in [4.78, 5) is 32.4. The van der Waals surface area contributed by atoms with Gasteiger partial charge < -0.3 is 14.4 Å². The molecule has 7 heteroatoms. The average Bonchev–Trinajstić information content (AvgIpc) is 3.17. The zero-order valence-corrected chi connectivity index (χ0v) is 20.9. The number of imide groups is 1. The average molecular weight is 486 g/mol. The lowest BCUT2D eigenvalue weighted by molar-refractivity contribution is 0.0642. The maximum absolute atomic E-state index is 13.2. The van der Waals surface area contributed by atoms with E-state index < -0.39 is 0 Å². The maximum Gasteiger partial charge on any atom is 0.261 e. The summed E-state index contributed by atoms with van der Waals surface area (Å²) >= 11 is 0. The third-order valence-corrected chi connectivity index (χ3v) is 7.25. The quantitative estimate of drug-likeness (QED) is 0.463. The predicted molar refractivity (Wildman–Crippen MR) is 139 cm³/mol. The van der Waals surface area contributed by atoms with Crippen LogP contribution in [0.15, 0.2) is 66.7 Å². The Hall–Kier alpha value is -3.84. The highest BCUT2D eigenvalue weighted by atomic mass is 16.5. The summed E-state index contributed by atoms with van der Waals surface area (Å²) < 4.78 is 10.7. The molecule has 1 fully saturated rings. The lowest BCUT2D eigenvalue weighted by Gasteiger charge is -2.39. The van der Waals surface area contributed by atoms with Crippen LogP contribution in [0.2, 0.25) is 0 Å². The van der Waals surface area contributed by atoms with Crippen LogP contribution in [0.25, 0.3) is 0 Å². The molecule has 2 aliphatic rings. The van der Waals surface area contributed by atoms with Crippen LogP contribution < -0.4 is 14.4 Å². The minimum Gasteiger partial charge on any atom is -0.493 e. The van der Waals surface area contributed by atoms with Gasteiger partial charge in [-0.3, -0.25) is 19.4 Å². The lowest BCUT2D eigenvalue weighted by Crippen LogP contribution is -2.47. The molecule has 2 heterocycles. The van der Waals surface area contributed by atoms with E-state index in [1.165, 1.54) is 10.5 Å². The Morgan fingerprint density at radius 2 is 1.47 bits per heavy atom. The molecule has 0 saturated carbocycles. The Morgan fingerprint density at radius 1 is 0.778 bits per heavy atom. The van der Waals surface area contributed by atoms with Crippen LogP contribution in [-0.2, 0) is 6.54 Å². The smallest absolute Gasteiger partial charge is 0.261 e. The van der Waals surface area contributed by atoms with Gasteiger partial charge in [0.2, 0.25) is 0 Å². The summed E-state index contributed by atoms with van der Waals surface area (Å²) in [5, 5.41) is 0. The van der Waals surface area contributed by atoms with Crippen LogP contribution in [0.3, 0.4) is 0 Å². The highest BCUT2D eigenvalue weighted by Gasteiger charge is 2.36. The monoisotopic (exact) mass is 485 g/mol.